The largest absolute Gasteiger partial charge is 0.361 e. The Morgan fingerprint density at radius 2 is 1.56 bits per heavy atom. The van der Waals surface area contributed by atoms with Crippen LogP contribution in [0.4, 0.5) is 0 Å². The SMILES string of the molecule is O=C(NCCc1c[nH]c2ccccc12)C1CCC(=O)N(CCc2c[nH]c3ccccc23)C1. The number of hydrogen-bond acceptors (Lipinski definition) is 2. The fourth-order valence-electron chi connectivity index (χ4n) is 4.74. The lowest BCUT2D eigenvalue weighted by molar-refractivity contribution is -0.138. The highest BCUT2D eigenvalue weighted by Gasteiger charge is 2.30. The van der Waals surface area contributed by atoms with Gasteiger partial charge in [0.1, 0.15) is 0 Å². The van der Waals surface area contributed by atoms with Gasteiger partial charge in [-0.15, -0.1) is 0 Å². The van der Waals surface area contributed by atoms with E-state index in [2.05, 4.69) is 39.6 Å². The van der Waals surface area contributed by atoms with Crippen LogP contribution in [0, 0.1) is 5.92 Å². The van der Waals surface area contributed by atoms with Gasteiger partial charge in [0, 0.05) is 60.3 Å². The van der Waals surface area contributed by atoms with Crippen molar-refractivity contribution in [2.24, 2.45) is 5.92 Å². The Morgan fingerprint density at radius 1 is 0.938 bits per heavy atom. The summed E-state index contributed by atoms with van der Waals surface area (Å²) in [5.41, 5.74) is 4.64. The topological polar surface area (TPSA) is 81.0 Å². The van der Waals surface area contributed by atoms with Crippen molar-refractivity contribution in [2.75, 3.05) is 19.6 Å². The van der Waals surface area contributed by atoms with E-state index >= 15 is 0 Å². The summed E-state index contributed by atoms with van der Waals surface area (Å²) in [6, 6.07) is 16.4. The van der Waals surface area contributed by atoms with E-state index in [0.29, 0.717) is 32.5 Å². The van der Waals surface area contributed by atoms with E-state index in [1.54, 1.807) is 0 Å². The van der Waals surface area contributed by atoms with Gasteiger partial charge in [0.05, 0.1) is 5.92 Å². The summed E-state index contributed by atoms with van der Waals surface area (Å²) < 4.78 is 0. The van der Waals surface area contributed by atoms with E-state index < -0.39 is 0 Å². The zero-order valence-electron chi connectivity index (χ0n) is 18.1. The average Bonchev–Trinajstić information content (AvgIpc) is 3.43. The Balaban J connectivity index is 1.15. The van der Waals surface area contributed by atoms with Crippen molar-refractivity contribution in [3.05, 3.63) is 72.1 Å². The smallest absolute Gasteiger partial charge is 0.224 e. The predicted octanol–water partition coefficient (Wildman–Crippen LogP) is 3.79. The second-order valence-corrected chi connectivity index (χ2v) is 8.59. The van der Waals surface area contributed by atoms with Gasteiger partial charge in [-0.25, -0.2) is 0 Å². The summed E-state index contributed by atoms with van der Waals surface area (Å²) in [7, 11) is 0. The molecule has 164 valence electrons. The maximum Gasteiger partial charge on any atom is 0.224 e. The summed E-state index contributed by atoms with van der Waals surface area (Å²) in [4.78, 5) is 33.7. The molecule has 6 heteroatoms. The Hall–Kier alpha value is -3.54. The molecule has 0 radical (unpaired) electrons. The Labute approximate surface area is 187 Å². The van der Waals surface area contributed by atoms with Gasteiger partial charge in [0.25, 0.3) is 0 Å². The van der Waals surface area contributed by atoms with Crippen LogP contribution in [0.3, 0.4) is 0 Å². The molecule has 6 nitrogen and oxygen atoms in total. The minimum atomic E-state index is -0.140. The van der Waals surface area contributed by atoms with Crippen molar-refractivity contribution in [3.63, 3.8) is 0 Å². The molecular formula is C26H28N4O2. The molecule has 1 unspecified atom stereocenters. The molecule has 0 bridgehead atoms. The highest BCUT2D eigenvalue weighted by molar-refractivity contribution is 5.85. The first-order chi connectivity index (χ1) is 15.7. The second kappa shape index (κ2) is 8.91. The van der Waals surface area contributed by atoms with Crippen molar-refractivity contribution in [1.29, 1.82) is 0 Å². The Bertz CT molecular complexity index is 1250. The predicted molar refractivity (Wildman–Crippen MR) is 126 cm³/mol. The van der Waals surface area contributed by atoms with E-state index in [9.17, 15) is 9.59 Å². The zero-order valence-corrected chi connectivity index (χ0v) is 18.1. The number of benzene rings is 2. The average molecular weight is 429 g/mol. The first-order valence-electron chi connectivity index (χ1n) is 11.3. The van der Waals surface area contributed by atoms with Gasteiger partial charge in [0.15, 0.2) is 0 Å². The molecule has 2 aromatic heterocycles. The van der Waals surface area contributed by atoms with E-state index in [4.69, 9.17) is 0 Å². The maximum atomic E-state index is 12.8. The maximum absolute atomic E-state index is 12.8. The van der Waals surface area contributed by atoms with Crippen molar-refractivity contribution in [1.82, 2.24) is 20.2 Å². The number of carbonyl (C=O) groups is 2. The zero-order chi connectivity index (χ0) is 21.9. The molecule has 1 saturated heterocycles. The van der Waals surface area contributed by atoms with Gasteiger partial charge >= 0.3 is 0 Å². The monoisotopic (exact) mass is 428 g/mol. The van der Waals surface area contributed by atoms with Crippen LogP contribution < -0.4 is 5.32 Å². The van der Waals surface area contributed by atoms with Crippen molar-refractivity contribution >= 4 is 33.6 Å². The molecule has 0 spiro atoms. The molecule has 5 rings (SSSR count). The standard InChI is InChI=1S/C26H28N4O2/c31-25-10-9-20(17-30(25)14-12-19-16-29-24-8-4-2-6-22(19)24)26(32)27-13-11-18-15-28-23-7-3-1-5-21(18)23/h1-8,15-16,20,28-29H,9-14,17H2,(H,27,32). The van der Waals surface area contributed by atoms with Crippen molar-refractivity contribution in [2.45, 2.75) is 25.7 Å². The number of carbonyl (C=O) groups excluding carboxylic acids is 2. The van der Waals surface area contributed by atoms with Gasteiger partial charge in [-0.1, -0.05) is 36.4 Å². The molecule has 2 amide bonds. The van der Waals surface area contributed by atoms with Crippen LogP contribution in [0.25, 0.3) is 21.8 Å². The van der Waals surface area contributed by atoms with Gasteiger partial charge in [-0.05, 0) is 42.5 Å². The highest BCUT2D eigenvalue weighted by Crippen LogP contribution is 2.22. The minimum Gasteiger partial charge on any atom is -0.361 e. The lowest BCUT2D eigenvalue weighted by atomic mass is 9.96. The molecule has 1 atom stereocenters. The highest BCUT2D eigenvalue weighted by atomic mass is 16.2. The van der Waals surface area contributed by atoms with Crippen LogP contribution >= 0.6 is 0 Å². The van der Waals surface area contributed by atoms with Crippen LogP contribution in [-0.2, 0) is 22.4 Å². The van der Waals surface area contributed by atoms with Crippen LogP contribution in [0.1, 0.15) is 24.0 Å². The fourth-order valence-corrected chi connectivity index (χ4v) is 4.74. The molecule has 1 aliphatic heterocycles. The normalized spacial score (nSPS) is 16.7. The third-order valence-corrected chi connectivity index (χ3v) is 6.57. The Morgan fingerprint density at radius 3 is 2.25 bits per heavy atom. The van der Waals surface area contributed by atoms with Gasteiger partial charge in [-0.3, -0.25) is 9.59 Å². The summed E-state index contributed by atoms with van der Waals surface area (Å²) in [6.07, 6.45) is 6.67. The molecule has 1 aliphatic rings. The van der Waals surface area contributed by atoms with Crippen LogP contribution in [0.15, 0.2) is 60.9 Å². The molecule has 32 heavy (non-hydrogen) atoms. The second-order valence-electron chi connectivity index (χ2n) is 8.59. The van der Waals surface area contributed by atoms with Gasteiger partial charge < -0.3 is 20.2 Å². The number of H-pyrrole nitrogens is 2. The molecule has 4 aromatic rings. The summed E-state index contributed by atoms with van der Waals surface area (Å²) >= 11 is 0. The number of nitrogens with zero attached hydrogens (tertiary/aromatic N) is 1. The molecular weight excluding hydrogens is 400 g/mol. The Kier molecular flexibility index (Phi) is 5.67. The first kappa shape index (κ1) is 20.4. The van der Waals surface area contributed by atoms with E-state index in [0.717, 1.165) is 23.9 Å². The lowest BCUT2D eigenvalue weighted by Crippen LogP contribution is -2.46. The van der Waals surface area contributed by atoms with Crippen molar-refractivity contribution in [3.8, 4) is 0 Å². The fraction of sp³-hybridized carbons (Fsp3) is 0.308. The van der Waals surface area contributed by atoms with Gasteiger partial charge in [-0.2, -0.15) is 0 Å². The number of aromatic nitrogens is 2. The third kappa shape index (κ3) is 4.13. The van der Waals surface area contributed by atoms with E-state index in [-0.39, 0.29) is 17.7 Å². The summed E-state index contributed by atoms with van der Waals surface area (Å²) in [5, 5.41) is 5.49. The number of hydrogen-bond donors (Lipinski definition) is 3. The molecule has 2 aromatic carbocycles. The number of likely N-dealkylation sites (tertiary alicyclic amines) is 1. The van der Waals surface area contributed by atoms with Crippen LogP contribution in [0.5, 0.6) is 0 Å². The number of fused-ring (bicyclic) bond motifs is 2. The quantitative estimate of drug-likeness (QED) is 0.419. The summed E-state index contributed by atoms with van der Waals surface area (Å²) in [5.74, 6) is 0.0563. The molecule has 3 N–H and O–H groups in total. The van der Waals surface area contributed by atoms with E-state index in [1.807, 2.05) is 41.6 Å². The number of nitrogens with one attached hydrogen (secondary N) is 3. The van der Waals surface area contributed by atoms with Crippen molar-refractivity contribution < 1.29 is 9.59 Å². The lowest BCUT2D eigenvalue weighted by Gasteiger charge is -2.32. The number of rotatable bonds is 7. The summed E-state index contributed by atoms with van der Waals surface area (Å²) in [6.45, 7) is 1.74. The number of para-hydroxylation sites is 2. The van der Waals surface area contributed by atoms with Crippen LogP contribution in [-0.4, -0.2) is 46.3 Å². The number of amides is 2. The minimum absolute atomic E-state index is 0.0504. The van der Waals surface area contributed by atoms with Gasteiger partial charge in [0.2, 0.25) is 11.8 Å². The molecule has 3 heterocycles. The van der Waals surface area contributed by atoms with Crippen LogP contribution in [0.2, 0.25) is 0 Å². The molecule has 1 fully saturated rings. The first-order valence-corrected chi connectivity index (χ1v) is 11.3. The van der Waals surface area contributed by atoms with E-state index in [1.165, 1.54) is 21.9 Å². The molecule has 0 aliphatic carbocycles. The molecule has 0 saturated carbocycles. The number of aromatic amines is 2. The number of piperidine rings is 1. The third-order valence-electron chi connectivity index (χ3n) is 6.57.